The molecule has 0 spiro atoms. The van der Waals surface area contributed by atoms with Gasteiger partial charge in [-0.3, -0.25) is 0 Å². The zero-order chi connectivity index (χ0) is 28.9. The molecule has 0 aromatic carbocycles. The molecular weight excluding hydrogens is 525 g/mol. The molecule has 0 aromatic heterocycles. The minimum atomic E-state index is -3.10. The van der Waals surface area contributed by atoms with Crippen molar-refractivity contribution in [2.45, 2.75) is 163 Å². The van der Waals surface area contributed by atoms with Crippen molar-refractivity contribution in [3.8, 4) is 0 Å². The molecular formula is C31H68O6Si2. The molecule has 0 saturated carbocycles. The van der Waals surface area contributed by atoms with Gasteiger partial charge in [0, 0.05) is 39.6 Å². The summed E-state index contributed by atoms with van der Waals surface area (Å²) in [6.07, 6.45) is 19.9. The van der Waals surface area contributed by atoms with E-state index in [9.17, 15) is 0 Å². The first-order valence-electron chi connectivity index (χ1n) is 16.9. The first-order chi connectivity index (χ1) is 19.1. The Morgan fingerprint density at radius 2 is 0.462 bits per heavy atom. The number of hydrogen-bond donors (Lipinski definition) is 0. The Balaban J connectivity index is 6.10. The van der Waals surface area contributed by atoms with Crippen molar-refractivity contribution in [2.75, 3.05) is 39.6 Å². The molecule has 39 heavy (non-hydrogen) atoms. The molecule has 8 heteroatoms. The van der Waals surface area contributed by atoms with Gasteiger partial charge in [0.2, 0.25) is 0 Å². The Bertz CT molecular complexity index is 393. The molecule has 0 aliphatic heterocycles. The zero-order valence-corrected chi connectivity index (χ0v) is 29.1. The highest BCUT2D eigenvalue weighted by atomic mass is 28.5. The van der Waals surface area contributed by atoms with Crippen LogP contribution in [0.2, 0.25) is 5.67 Å². The van der Waals surface area contributed by atoms with E-state index in [4.69, 9.17) is 26.6 Å². The second-order valence-electron chi connectivity index (χ2n) is 10.9. The van der Waals surface area contributed by atoms with Gasteiger partial charge in [0.05, 0.1) is 5.67 Å². The average Bonchev–Trinajstić information content (AvgIpc) is 2.94. The third kappa shape index (κ3) is 21.5. The maximum Gasteiger partial charge on any atom is 0.505 e. The summed E-state index contributed by atoms with van der Waals surface area (Å²) in [5.41, 5.74) is 0.523. The molecule has 0 aliphatic carbocycles. The molecule has 6 nitrogen and oxygen atoms in total. The zero-order valence-electron chi connectivity index (χ0n) is 27.1. The van der Waals surface area contributed by atoms with E-state index in [2.05, 4.69) is 41.5 Å². The highest BCUT2D eigenvalue weighted by molar-refractivity contribution is 6.80. The summed E-state index contributed by atoms with van der Waals surface area (Å²) in [5, 5.41) is 0. The maximum atomic E-state index is 6.72. The Kier molecular flexibility index (Phi) is 28.5. The Hall–Kier alpha value is 0.194. The van der Waals surface area contributed by atoms with Gasteiger partial charge >= 0.3 is 17.6 Å². The predicted molar refractivity (Wildman–Crippen MR) is 169 cm³/mol. The standard InChI is InChI=1S/C31H68O6Si2/c1-7-13-19-25-32-38(33-26-20-14-8-2,34-27-21-15-9-3)31-39(35-28-22-16-10-4,36-29-23-17-11-5)37-30-24-18-12-6/h7-31H2,1-6H3. The van der Waals surface area contributed by atoms with Gasteiger partial charge in [-0.15, -0.1) is 0 Å². The van der Waals surface area contributed by atoms with Crippen LogP contribution in [0.1, 0.15) is 157 Å². The lowest BCUT2D eigenvalue weighted by molar-refractivity contribution is 0.0324. The molecule has 0 heterocycles. The van der Waals surface area contributed by atoms with Gasteiger partial charge in [0.25, 0.3) is 0 Å². The second-order valence-corrected chi connectivity index (χ2v) is 16.8. The van der Waals surface area contributed by atoms with Gasteiger partial charge in [0.1, 0.15) is 0 Å². The fourth-order valence-corrected chi connectivity index (χ4v) is 12.1. The second kappa shape index (κ2) is 28.3. The van der Waals surface area contributed by atoms with Crippen LogP contribution in [0.15, 0.2) is 0 Å². The van der Waals surface area contributed by atoms with Crippen LogP contribution in [-0.2, 0) is 26.6 Å². The van der Waals surface area contributed by atoms with E-state index >= 15 is 0 Å². The molecule has 0 atom stereocenters. The third-order valence-electron chi connectivity index (χ3n) is 6.85. The van der Waals surface area contributed by atoms with Crippen molar-refractivity contribution in [3.05, 3.63) is 0 Å². The van der Waals surface area contributed by atoms with E-state index in [0.29, 0.717) is 45.3 Å². The third-order valence-corrected chi connectivity index (χ3v) is 14.2. The minimum Gasteiger partial charge on any atom is -0.373 e. The Morgan fingerprint density at radius 1 is 0.282 bits per heavy atom. The quantitative estimate of drug-likeness (QED) is 0.0572. The Labute approximate surface area is 246 Å². The van der Waals surface area contributed by atoms with Gasteiger partial charge in [-0.2, -0.15) is 0 Å². The SMILES string of the molecule is CCCCCO[Si](C[Si](OCCCCC)(OCCCCC)OCCCCC)(OCCCCC)OCCCCC. The van der Waals surface area contributed by atoms with Gasteiger partial charge in [-0.1, -0.05) is 119 Å². The van der Waals surface area contributed by atoms with Crippen LogP contribution in [0.4, 0.5) is 0 Å². The Morgan fingerprint density at radius 3 is 0.615 bits per heavy atom. The van der Waals surface area contributed by atoms with Gasteiger partial charge in [-0.05, 0) is 38.5 Å². The summed E-state index contributed by atoms with van der Waals surface area (Å²) in [4.78, 5) is 0. The molecule has 0 aliphatic rings. The van der Waals surface area contributed by atoms with E-state index in [1.807, 2.05) is 0 Å². The summed E-state index contributed by atoms with van der Waals surface area (Å²) in [5.74, 6) is 0. The molecule has 0 aromatic rings. The molecule has 0 rings (SSSR count). The van der Waals surface area contributed by atoms with Gasteiger partial charge in [0.15, 0.2) is 0 Å². The highest BCUT2D eigenvalue weighted by Crippen LogP contribution is 2.29. The molecule has 236 valence electrons. The van der Waals surface area contributed by atoms with E-state index in [1.54, 1.807) is 0 Å². The molecule has 0 fully saturated rings. The van der Waals surface area contributed by atoms with Crippen LogP contribution in [0.3, 0.4) is 0 Å². The minimum absolute atomic E-state index is 0.523. The lowest BCUT2D eigenvalue weighted by atomic mass is 10.3. The molecule has 0 radical (unpaired) electrons. The average molecular weight is 593 g/mol. The van der Waals surface area contributed by atoms with Crippen molar-refractivity contribution >= 4 is 17.6 Å². The van der Waals surface area contributed by atoms with Crippen molar-refractivity contribution in [2.24, 2.45) is 0 Å². The lowest BCUT2D eigenvalue weighted by Gasteiger charge is -2.37. The first kappa shape index (κ1) is 39.2. The van der Waals surface area contributed by atoms with Crippen molar-refractivity contribution in [1.29, 1.82) is 0 Å². The first-order valence-corrected chi connectivity index (χ1v) is 20.8. The van der Waals surface area contributed by atoms with Gasteiger partial charge in [-0.25, -0.2) is 0 Å². The van der Waals surface area contributed by atoms with Crippen LogP contribution in [0, 0.1) is 0 Å². The summed E-state index contributed by atoms with van der Waals surface area (Å²) < 4.78 is 40.3. The van der Waals surface area contributed by atoms with E-state index < -0.39 is 17.6 Å². The van der Waals surface area contributed by atoms with E-state index in [-0.39, 0.29) is 0 Å². The van der Waals surface area contributed by atoms with Crippen LogP contribution < -0.4 is 0 Å². The monoisotopic (exact) mass is 592 g/mol. The summed E-state index contributed by atoms with van der Waals surface area (Å²) in [6, 6.07) is 0. The predicted octanol–water partition coefficient (Wildman–Crippen LogP) is 9.64. The van der Waals surface area contributed by atoms with Crippen molar-refractivity contribution in [1.82, 2.24) is 0 Å². The molecule has 0 N–H and O–H groups in total. The highest BCUT2D eigenvalue weighted by Gasteiger charge is 2.56. The number of rotatable bonds is 32. The summed E-state index contributed by atoms with van der Waals surface area (Å²) in [6.45, 7) is 17.3. The fourth-order valence-electron chi connectivity index (χ4n) is 4.30. The largest absolute Gasteiger partial charge is 0.505 e. The van der Waals surface area contributed by atoms with Crippen molar-refractivity contribution < 1.29 is 26.6 Å². The molecule has 0 amide bonds. The lowest BCUT2D eigenvalue weighted by Crippen LogP contribution is -2.59. The van der Waals surface area contributed by atoms with E-state index in [0.717, 1.165) is 116 Å². The van der Waals surface area contributed by atoms with Crippen LogP contribution in [0.5, 0.6) is 0 Å². The summed E-state index contributed by atoms with van der Waals surface area (Å²) in [7, 11) is -6.20. The van der Waals surface area contributed by atoms with Crippen LogP contribution in [0.25, 0.3) is 0 Å². The summed E-state index contributed by atoms with van der Waals surface area (Å²) >= 11 is 0. The number of unbranched alkanes of at least 4 members (excludes halogenated alkanes) is 12. The molecule has 0 unspecified atom stereocenters. The number of hydrogen-bond acceptors (Lipinski definition) is 6. The van der Waals surface area contributed by atoms with Crippen molar-refractivity contribution in [3.63, 3.8) is 0 Å². The van der Waals surface area contributed by atoms with Crippen LogP contribution >= 0.6 is 0 Å². The topological polar surface area (TPSA) is 55.4 Å². The fraction of sp³-hybridized carbons (Fsp3) is 1.00. The molecule has 0 saturated heterocycles. The normalized spacial score (nSPS) is 12.5. The van der Waals surface area contributed by atoms with Gasteiger partial charge < -0.3 is 26.6 Å². The molecule has 0 bridgehead atoms. The van der Waals surface area contributed by atoms with Crippen LogP contribution in [-0.4, -0.2) is 57.3 Å². The smallest absolute Gasteiger partial charge is 0.373 e. The maximum absolute atomic E-state index is 6.72. The van der Waals surface area contributed by atoms with E-state index in [1.165, 1.54) is 0 Å².